The number of rotatable bonds is 4. The van der Waals surface area contributed by atoms with E-state index in [-0.39, 0.29) is 5.57 Å². The summed E-state index contributed by atoms with van der Waals surface area (Å²) >= 11 is 12.0. The molecular formula is C20H17Cl2N3O2. The summed E-state index contributed by atoms with van der Waals surface area (Å²) in [5.74, 6) is -0.543. The summed E-state index contributed by atoms with van der Waals surface area (Å²) < 4.78 is 5.35. The van der Waals surface area contributed by atoms with Crippen LogP contribution in [-0.2, 0) is 9.53 Å². The lowest BCUT2D eigenvalue weighted by Gasteiger charge is -2.28. The number of ether oxygens (including phenoxy) is 1. The van der Waals surface area contributed by atoms with Crippen molar-refractivity contribution in [3.8, 4) is 6.07 Å². The molecule has 7 heteroatoms. The van der Waals surface area contributed by atoms with Gasteiger partial charge in [-0.05, 0) is 42.0 Å². The van der Waals surface area contributed by atoms with Crippen LogP contribution in [0.4, 0.5) is 11.4 Å². The molecule has 0 spiro atoms. The van der Waals surface area contributed by atoms with Crippen LogP contribution >= 0.6 is 23.2 Å². The molecule has 0 radical (unpaired) electrons. The van der Waals surface area contributed by atoms with Crippen LogP contribution < -0.4 is 10.2 Å². The van der Waals surface area contributed by atoms with Crippen molar-refractivity contribution >= 4 is 46.6 Å². The van der Waals surface area contributed by atoms with Crippen LogP contribution in [0.1, 0.15) is 5.56 Å². The maximum atomic E-state index is 12.4. The van der Waals surface area contributed by atoms with E-state index in [1.807, 2.05) is 30.3 Å². The van der Waals surface area contributed by atoms with Gasteiger partial charge in [0.1, 0.15) is 11.6 Å². The number of morpholine rings is 1. The van der Waals surface area contributed by atoms with Gasteiger partial charge in [-0.2, -0.15) is 5.26 Å². The predicted molar refractivity (Wildman–Crippen MR) is 108 cm³/mol. The Morgan fingerprint density at radius 2 is 1.85 bits per heavy atom. The molecule has 1 N–H and O–H groups in total. The van der Waals surface area contributed by atoms with Crippen LogP contribution in [0.15, 0.2) is 48.0 Å². The Bertz CT molecular complexity index is 898. The number of halogens is 2. The van der Waals surface area contributed by atoms with Gasteiger partial charge in [0.15, 0.2) is 0 Å². The number of nitrogens with zero attached hydrogens (tertiary/aromatic N) is 2. The Kier molecular flexibility index (Phi) is 6.36. The third-order valence-electron chi connectivity index (χ3n) is 4.12. The quantitative estimate of drug-likeness (QED) is 0.609. The molecule has 1 aliphatic rings. The molecule has 2 aromatic carbocycles. The Morgan fingerprint density at radius 1 is 1.15 bits per heavy atom. The number of nitriles is 1. The minimum absolute atomic E-state index is 0.0230. The van der Waals surface area contributed by atoms with Gasteiger partial charge in [0.2, 0.25) is 0 Å². The molecule has 0 unspecified atom stereocenters. The maximum absolute atomic E-state index is 12.4. The fourth-order valence-corrected chi connectivity index (χ4v) is 3.04. The molecule has 1 aliphatic heterocycles. The standard InChI is InChI=1S/C20H17Cl2N3O2/c21-16-3-6-18(22)19(12-16)24-20(26)15(13-23)11-14-1-4-17(5-2-14)25-7-9-27-10-8-25/h1-6,11-12H,7-10H2,(H,24,26)/b15-11+. The Labute approximate surface area is 167 Å². The zero-order valence-corrected chi connectivity index (χ0v) is 15.9. The van der Waals surface area contributed by atoms with Gasteiger partial charge >= 0.3 is 0 Å². The first-order chi connectivity index (χ1) is 13.1. The highest BCUT2D eigenvalue weighted by molar-refractivity contribution is 6.36. The minimum Gasteiger partial charge on any atom is -0.378 e. The van der Waals surface area contributed by atoms with E-state index in [1.54, 1.807) is 12.1 Å². The lowest BCUT2D eigenvalue weighted by molar-refractivity contribution is -0.112. The van der Waals surface area contributed by atoms with Gasteiger partial charge in [0, 0.05) is 23.8 Å². The number of hydrogen-bond acceptors (Lipinski definition) is 4. The molecule has 0 aromatic heterocycles. The second-order valence-electron chi connectivity index (χ2n) is 5.94. The van der Waals surface area contributed by atoms with E-state index < -0.39 is 5.91 Å². The van der Waals surface area contributed by atoms with Gasteiger partial charge in [-0.15, -0.1) is 0 Å². The third kappa shape index (κ3) is 5.01. The molecule has 27 heavy (non-hydrogen) atoms. The first-order valence-electron chi connectivity index (χ1n) is 8.38. The van der Waals surface area contributed by atoms with Crippen LogP contribution in [-0.4, -0.2) is 32.2 Å². The summed E-state index contributed by atoms with van der Waals surface area (Å²) in [6.07, 6.45) is 1.54. The Hall–Kier alpha value is -2.52. The van der Waals surface area contributed by atoms with E-state index in [0.29, 0.717) is 28.9 Å². The molecule has 2 aromatic rings. The third-order valence-corrected chi connectivity index (χ3v) is 4.69. The molecule has 3 rings (SSSR count). The minimum atomic E-state index is -0.543. The van der Waals surface area contributed by atoms with E-state index in [4.69, 9.17) is 27.9 Å². The molecule has 1 saturated heterocycles. The first-order valence-corrected chi connectivity index (χ1v) is 9.13. The zero-order chi connectivity index (χ0) is 19.2. The second kappa shape index (κ2) is 8.92. The molecule has 0 atom stereocenters. The summed E-state index contributed by atoms with van der Waals surface area (Å²) in [5, 5.41) is 12.8. The van der Waals surface area contributed by atoms with Gasteiger partial charge in [-0.1, -0.05) is 35.3 Å². The number of nitrogens with one attached hydrogen (secondary N) is 1. The van der Waals surface area contributed by atoms with Crippen LogP contribution in [0.3, 0.4) is 0 Å². The van der Waals surface area contributed by atoms with E-state index in [2.05, 4.69) is 10.2 Å². The van der Waals surface area contributed by atoms with Crippen molar-refractivity contribution in [2.75, 3.05) is 36.5 Å². The predicted octanol–water partition coefficient (Wildman–Crippen LogP) is 4.38. The van der Waals surface area contributed by atoms with E-state index in [0.717, 1.165) is 24.3 Å². The molecule has 138 valence electrons. The van der Waals surface area contributed by atoms with Gasteiger partial charge in [0.05, 0.1) is 23.9 Å². The van der Waals surface area contributed by atoms with Gasteiger partial charge in [0.25, 0.3) is 5.91 Å². The molecule has 0 aliphatic carbocycles. The maximum Gasteiger partial charge on any atom is 0.266 e. The topological polar surface area (TPSA) is 65.4 Å². The largest absolute Gasteiger partial charge is 0.378 e. The van der Waals surface area contributed by atoms with Crippen LogP contribution in [0, 0.1) is 11.3 Å². The zero-order valence-electron chi connectivity index (χ0n) is 14.4. The molecule has 5 nitrogen and oxygen atoms in total. The van der Waals surface area contributed by atoms with E-state index in [1.165, 1.54) is 12.1 Å². The summed E-state index contributed by atoms with van der Waals surface area (Å²) in [4.78, 5) is 14.6. The van der Waals surface area contributed by atoms with Crippen molar-refractivity contribution in [1.82, 2.24) is 0 Å². The molecule has 1 fully saturated rings. The number of carbonyl (C=O) groups excluding carboxylic acids is 1. The molecule has 0 saturated carbocycles. The molecule has 1 amide bonds. The highest BCUT2D eigenvalue weighted by Gasteiger charge is 2.13. The Balaban J connectivity index is 1.74. The number of anilines is 2. The van der Waals surface area contributed by atoms with Crippen molar-refractivity contribution in [3.05, 3.63) is 63.6 Å². The fourth-order valence-electron chi connectivity index (χ4n) is 2.70. The first kappa shape index (κ1) is 19.2. The van der Waals surface area contributed by atoms with E-state index in [9.17, 15) is 10.1 Å². The van der Waals surface area contributed by atoms with Crippen molar-refractivity contribution in [3.63, 3.8) is 0 Å². The molecular weight excluding hydrogens is 385 g/mol. The lowest BCUT2D eigenvalue weighted by Crippen LogP contribution is -2.36. The van der Waals surface area contributed by atoms with Crippen molar-refractivity contribution in [1.29, 1.82) is 5.26 Å². The van der Waals surface area contributed by atoms with Crippen LogP contribution in [0.5, 0.6) is 0 Å². The monoisotopic (exact) mass is 401 g/mol. The van der Waals surface area contributed by atoms with Crippen molar-refractivity contribution < 1.29 is 9.53 Å². The van der Waals surface area contributed by atoms with Crippen LogP contribution in [0.25, 0.3) is 6.08 Å². The smallest absolute Gasteiger partial charge is 0.266 e. The average molecular weight is 402 g/mol. The summed E-state index contributed by atoms with van der Waals surface area (Å²) in [6, 6.07) is 14.4. The van der Waals surface area contributed by atoms with Gasteiger partial charge in [-0.3, -0.25) is 4.79 Å². The van der Waals surface area contributed by atoms with Crippen LogP contribution in [0.2, 0.25) is 10.0 Å². The fraction of sp³-hybridized carbons (Fsp3) is 0.200. The van der Waals surface area contributed by atoms with Gasteiger partial charge in [-0.25, -0.2) is 0 Å². The summed E-state index contributed by atoms with van der Waals surface area (Å²) in [6.45, 7) is 3.13. The van der Waals surface area contributed by atoms with Crippen molar-refractivity contribution in [2.24, 2.45) is 0 Å². The van der Waals surface area contributed by atoms with E-state index >= 15 is 0 Å². The normalized spacial score (nSPS) is 14.6. The highest BCUT2D eigenvalue weighted by atomic mass is 35.5. The number of carbonyl (C=O) groups is 1. The number of amides is 1. The lowest BCUT2D eigenvalue weighted by atomic mass is 10.1. The molecule has 1 heterocycles. The summed E-state index contributed by atoms with van der Waals surface area (Å²) in [5.41, 5.74) is 2.18. The van der Waals surface area contributed by atoms with Crippen molar-refractivity contribution in [2.45, 2.75) is 0 Å². The summed E-state index contributed by atoms with van der Waals surface area (Å²) in [7, 11) is 0. The van der Waals surface area contributed by atoms with Gasteiger partial charge < -0.3 is 15.0 Å². The Morgan fingerprint density at radius 3 is 2.52 bits per heavy atom. The number of hydrogen-bond donors (Lipinski definition) is 1. The SMILES string of the molecule is N#C/C(=C\c1ccc(N2CCOCC2)cc1)C(=O)Nc1cc(Cl)ccc1Cl. The average Bonchev–Trinajstić information content (AvgIpc) is 2.70. The number of benzene rings is 2. The molecule has 0 bridgehead atoms. The highest BCUT2D eigenvalue weighted by Crippen LogP contribution is 2.26. The second-order valence-corrected chi connectivity index (χ2v) is 6.78.